The van der Waals surface area contributed by atoms with Gasteiger partial charge in [-0.2, -0.15) is 11.8 Å². The molecule has 16 heavy (non-hydrogen) atoms. The smallest absolute Gasteiger partial charge is 0.115 e. The van der Waals surface area contributed by atoms with Crippen molar-refractivity contribution in [3.63, 3.8) is 0 Å². The summed E-state index contributed by atoms with van der Waals surface area (Å²) in [6.45, 7) is 2.16. The SMILES string of the molecule is CC(NC1CCCSC1)c1cccc(O)c1. The Hall–Kier alpha value is -0.670. The van der Waals surface area contributed by atoms with Gasteiger partial charge in [-0.25, -0.2) is 0 Å². The lowest BCUT2D eigenvalue weighted by molar-refractivity contribution is 0.446. The standard InChI is InChI=1S/C13H19NOS/c1-10(11-4-2-6-13(15)8-11)14-12-5-3-7-16-9-12/h2,4,6,8,10,12,14-15H,3,5,7,9H2,1H3. The molecule has 2 nitrogen and oxygen atoms in total. The van der Waals surface area contributed by atoms with Crippen molar-refractivity contribution in [1.82, 2.24) is 5.32 Å². The zero-order valence-electron chi connectivity index (χ0n) is 9.65. The van der Waals surface area contributed by atoms with Gasteiger partial charge in [0.05, 0.1) is 0 Å². The first-order chi connectivity index (χ1) is 7.75. The van der Waals surface area contributed by atoms with Crippen molar-refractivity contribution >= 4 is 11.8 Å². The van der Waals surface area contributed by atoms with Crippen LogP contribution < -0.4 is 5.32 Å². The fraction of sp³-hybridized carbons (Fsp3) is 0.538. The summed E-state index contributed by atoms with van der Waals surface area (Å²) >= 11 is 2.03. The van der Waals surface area contributed by atoms with Crippen molar-refractivity contribution in [1.29, 1.82) is 0 Å². The summed E-state index contributed by atoms with van der Waals surface area (Å²) in [5, 5.41) is 13.1. The first-order valence-corrected chi connectivity index (χ1v) is 7.04. The van der Waals surface area contributed by atoms with Gasteiger partial charge in [0.2, 0.25) is 0 Å². The quantitative estimate of drug-likeness (QED) is 0.848. The molecule has 2 N–H and O–H groups in total. The van der Waals surface area contributed by atoms with Crippen LogP contribution >= 0.6 is 11.8 Å². The first kappa shape index (κ1) is 11.8. The molecule has 1 aromatic rings. The minimum atomic E-state index is 0.316. The highest BCUT2D eigenvalue weighted by Gasteiger charge is 2.16. The summed E-state index contributed by atoms with van der Waals surface area (Å²) in [7, 11) is 0. The molecular formula is C13H19NOS. The fourth-order valence-corrected chi connectivity index (χ4v) is 3.20. The zero-order valence-corrected chi connectivity index (χ0v) is 10.5. The van der Waals surface area contributed by atoms with E-state index < -0.39 is 0 Å². The van der Waals surface area contributed by atoms with Crippen molar-refractivity contribution in [2.24, 2.45) is 0 Å². The van der Waals surface area contributed by atoms with Crippen LogP contribution in [-0.4, -0.2) is 22.7 Å². The molecule has 0 radical (unpaired) electrons. The summed E-state index contributed by atoms with van der Waals surface area (Å²) in [4.78, 5) is 0. The Morgan fingerprint density at radius 1 is 1.50 bits per heavy atom. The first-order valence-electron chi connectivity index (χ1n) is 5.88. The molecule has 0 saturated carbocycles. The summed E-state index contributed by atoms with van der Waals surface area (Å²) in [6, 6.07) is 8.46. The van der Waals surface area contributed by atoms with Crippen molar-refractivity contribution in [2.45, 2.75) is 31.8 Å². The summed E-state index contributed by atoms with van der Waals surface area (Å²) in [5.41, 5.74) is 1.16. The van der Waals surface area contributed by atoms with Gasteiger partial charge in [0.15, 0.2) is 0 Å². The molecule has 0 spiro atoms. The van der Waals surface area contributed by atoms with Gasteiger partial charge in [-0.05, 0) is 43.2 Å². The third-order valence-corrected chi connectivity index (χ3v) is 4.23. The third kappa shape index (κ3) is 3.16. The Bertz CT molecular complexity index is 336. The van der Waals surface area contributed by atoms with Crippen LogP contribution in [0.5, 0.6) is 5.75 Å². The summed E-state index contributed by atoms with van der Waals surface area (Å²) in [5.74, 6) is 2.87. The van der Waals surface area contributed by atoms with Gasteiger partial charge in [0.25, 0.3) is 0 Å². The van der Waals surface area contributed by atoms with Crippen LogP contribution in [0.2, 0.25) is 0 Å². The van der Waals surface area contributed by atoms with Gasteiger partial charge in [0, 0.05) is 17.8 Å². The van der Waals surface area contributed by atoms with Crippen LogP contribution in [0.25, 0.3) is 0 Å². The molecule has 2 atom stereocenters. The maximum atomic E-state index is 9.44. The second-order valence-electron chi connectivity index (χ2n) is 4.40. The summed E-state index contributed by atoms with van der Waals surface area (Å²) in [6.07, 6.45) is 2.59. The van der Waals surface area contributed by atoms with E-state index in [4.69, 9.17) is 0 Å². The molecule has 1 fully saturated rings. The lowest BCUT2D eigenvalue weighted by Gasteiger charge is -2.26. The lowest BCUT2D eigenvalue weighted by atomic mass is 10.1. The largest absolute Gasteiger partial charge is 0.508 e. The number of nitrogens with one attached hydrogen (secondary N) is 1. The molecule has 0 bridgehead atoms. The molecule has 3 heteroatoms. The van der Waals surface area contributed by atoms with Crippen LogP contribution in [0.3, 0.4) is 0 Å². The van der Waals surface area contributed by atoms with E-state index in [0.29, 0.717) is 17.8 Å². The molecule has 88 valence electrons. The second-order valence-corrected chi connectivity index (χ2v) is 5.55. The number of hydrogen-bond donors (Lipinski definition) is 2. The van der Waals surface area contributed by atoms with E-state index >= 15 is 0 Å². The van der Waals surface area contributed by atoms with E-state index in [-0.39, 0.29) is 0 Å². The molecule has 1 heterocycles. The molecule has 2 unspecified atom stereocenters. The van der Waals surface area contributed by atoms with E-state index in [1.54, 1.807) is 6.07 Å². The number of thioether (sulfide) groups is 1. The molecular weight excluding hydrogens is 218 g/mol. The van der Waals surface area contributed by atoms with Gasteiger partial charge in [-0.3, -0.25) is 0 Å². The Balaban J connectivity index is 1.94. The highest BCUT2D eigenvalue weighted by Crippen LogP contribution is 2.22. The van der Waals surface area contributed by atoms with Crippen molar-refractivity contribution in [2.75, 3.05) is 11.5 Å². The second kappa shape index (κ2) is 5.60. The number of rotatable bonds is 3. The van der Waals surface area contributed by atoms with Crippen molar-refractivity contribution in [3.8, 4) is 5.75 Å². The lowest BCUT2D eigenvalue weighted by Crippen LogP contribution is -2.35. The topological polar surface area (TPSA) is 32.3 Å². The number of hydrogen-bond acceptors (Lipinski definition) is 3. The van der Waals surface area contributed by atoms with E-state index in [1.165, 1.54) is 24.3 Å². The van der Waals surface area contributed by atoms with Gasteiger partial charge in [0.1, 0.15) is 5.75 Å². The average molecular weight is 237 g/mol. The Morgan fingerprint density at radius 2 is 2.38 bits per heavy atom. The van der Waals surface area contributed by atoms with E-state index in [2.05, 4.69) is 18.3 Å². The number of phenols is 1. The van der Waals surface area contributed by atoms with Crippen molar-refractivity contribution < 1.29 is 5.11 Å². The highest BCUT2D eigenvalue weighted by atomic mass is 32.2. The minimum Gasteiger partial charge on any atom is -0.508 e. The predicted molar refractivity (Wildman–Crippen MR) is 70.0 cm³/mol. The van der Waals surface area contributed by atoms with Crippen LogP contribution in [0.1, 0.15) is 31.4 Å². The normalized spacial score (nSPS) is 22.9. The van der Waals surface area contributed by atoms with Crippen molar-refractivity contribution in [3.05, 3.63) is 29.8 Å². The molecule has 0 aromatic heterocycles. The van der Waals surface area contributed by atoms with E-state index in [0.717, 1.165) is 5.56 Å². The number of phenolic OH excluding ortho intramolecular Hbond substituents is 1. The van der Waals surface area contributed by atoms with E-state index in [9.17, 15) is 5.11 Å². The molecule has 0 amide bonds. The predicted octanol–water partition coefficient (Wildman–Crippen LogP) is 2.94. The molecule has 1 saturated heterocycles. The molecule has 2 rings (SSSR count). The van der Waals surface area contributed by atoms with Gasteiger partial charge in [-0.1, -0.05) is 12.1 Å². The molecule has 1 aliphatic rings. The molecule has 1 aromatic carbocycles. The van der Waals surface area contributed by atoms with Gasteiger partial charge < -0.3 is 10.4 Å². The van der Waals surface area contributed by atoms with Crippen LogP contribution in [-0.2, 0) is 0 Å². The maximum Gasteiger partial charge on any atom is 0.115 e. The Kier molecular flexibility index (Phi) is 4.13. The monoisotopic (exact) mass is 237 g/mol. The Labute approximate surface area is 101 Å². The highest BCUT2D eigenvalue weighted by molar-refractivity contribution is 7.99. The van der Waals surface area contributed by atoms with Crippen LogP contribution in [0.4, 0.5) is 0 Å². The average Bonchev–Trinajstić information content (AvgIpc) is 2.30. The Morgan fingerprint density at radius 3 is 3.06 bits per heavy atom. The molecule has 0 aliphatic carbocycles. The number of aromatic hydroxyl groups is 1. The van der Waals surface area contributed by atoms with Crippen LogP contribution in [0.15, 0.2) is 24.3 Å². The maximum absolute atomic E-state index is 9.44. The fourth-order valence-electron chi connectivity index (χ4n) is 2.12. The van der Waals surface area contributed by atoms with E-state index in [1.807, 2.05) is 23.9 Å². The van der Waals surface area contributed by atoms with Gasteiger partial charge >= 0.3 is 0 Å². The summed E-state index contributed by atoms with van der Waals surface area (Å²) < 4.78 is 0. The number of benzene rings is 1. The minimum absolute atomic E-state index is 0.316. The van der Waals surface area contributed by atoms with Gasteiger partial charge in [-0.15, -0.1) is 0 Å². The zero-order chi connectivity index (χ0) is 11.4. The third-order valence-electron chi connectivity index (χ3n) is 3.02. The van der Waals surface area contributed by atoms with Crippen LogP contribution in [0, 0.1) is 0 Å². The molecule has 1 aliphatic heterocycles.